The standard InChI is InChI=1S/C15H27N3O2/c1-6-7-20-13-8-11(2)17-14(18-13)16-10-12(19)9-15(3,4)5/h8,12,19H,6-7,9-10H2,1-5H3,(H,16,17,18). The largest absolute Gasteiger partial charge is 0.478 e. The number of hydrogen-bond donors (Lipinski definition) is 2. The first kappa shape index (κ1) is 16.7. The van der Waals surface area contributed by atoms with Crippen molar-refractivity contribution in [3.05, 3.63) is 11.8 Å². The van der Waals surface area contributed by atoms with Gasteiger partial charge in [0.15, 0.2) is 0 Å². The third-order valence-corrected chi connectivity index (χ3v) is 2.63. The summed E-state index contributed by atoms with van der Waals surface area (Å²) in [7, 11) is 0. The minimum Gasteiger partial charge on any atom is -0.478 e. The van der Waals surface area contributed by atoms with Gasteiger partial charge in [-0.15, -0.1) is 0 Å². The number of aryl methyl sites for hydroxylation is 1. The van der Waals surface area contributed by atoms with E-state index in [0.29, 0.717) is 25.0 Å². The molecule has 5 nitrogen and oxygen atoms in total. The molecule has 2 N–H and O–H groups in total. The van der Waals surface area contributed by atoms with Gasteiger partial charge in [-0.1, -0.05) is 27.7 Å². The Kier molecular flexibility index (Phi) is 6.20. The first-order valence-electron chi connectivity index (χ1n) is 7.20. The zero-order valence-corrected chi connectivity index (χ0v) is 13.2. The minimum atomic E-state index is -0.417. The van der Waals surface area contributed by atoms with Crippen molar-refractivity contribution in [3.8, 4) is 5.88 Å². The molecule has 0 aliphatic rings. The summed E-state index contributed by atoms with van der Waals surface area (Å²) < 4.78 is 5.51. The Hall–Kier alpha value is -1.36. The Morgan fingerprint density at radius 1 is 1.35 bits per heavy atom. The number of nitrogens with one attached hydrogen (secondary N) is 1. The van der Waals surface area contributed by atoms with Crippen molar-refractivity contribution in [1.29, 1.82) is 0 Å². The van der Waals surface area contributed by atoms with E-state index in [0.717, 1.165) is 18.5 Å². The lowest BCUT2D eigenvalue weighted by molar-refractivity contribution is 0.132. The van der Waals surface area contributed by atoms with Gasteiger partial charge in [-0.25, -0.2) is 4.98 Å². The fraction of sp³-hybridized carbons (Fsp3) is 0.733. The van der Waals surface area contributed by atoms with E-state index < -0.39 is 6.10 Å². The van der Waals surface area contributed by atoms with Crippen LogP contribution in [0.15, 0.2) is 6.07 Å². The van der Waals surface area contributed by atoms with Crippen LogP contribution in [0.5, 0.6) is 5.88 Å². The summed E-state index contributed by atoms with van der Waals surface area (Å²) in [6.45, 7) is 11.4. The SMILES string of the molecule is CCCOc1cc(C)nc(NCC(O)CC(C)(C)C)n1. The van der Waals surface area contributed by atoms with Crippen LogP contribution in [-0.2, 0) is 0 Å². The Morgan fingerprint density at radius 3 is 2.65 bits per heavy atom. The average molecular weight is 281 g/mol. The molecular weight excluding hydrogens is 254 g/mol. The number of nitrogens with zero attached hydrogens (tertiary/aromatic N) is 2. The second-order valence-corrected chi connectivity index (χ2v) is 6.32. The number of aromatic nitrogens is 2. The number of ether oxygens (including phenoxy) is 1. The number of rotatable bonds is 7. The van der Waals surface area contributed by atoms with Crippen LogP contribution in [0.4, 0.5) is 5.95 Å². The van der Waals surface area contributed by atoms with Gasteiger partial charge in [-0.3, -0.25) is 0 Å². The van der Waals surface area contributed by atoms with Gasteiger partial charge >= 0.3 is 0 Å². The lowest BCUT2D eigenvalue weighted by Crippen LogP contribution is -2.25. The van der Waals surface area contributed by atoms with E-state index in [9.17, 15) is 5.11 Å². The number of anilines is 1. The van der Waals surface area contributed by atoms with Crippen molar-refractivity contribution in [3.63, 3.8) is 0 Å². The lowest BCUT2D eigenvalue weighted by atomic mass is 9.89. The Labute approximate surface area is 121 Å². The molecular formula is C15H27N3O2. The van der Waals surface area contributed by atoms with Crippen LogP contribution in [0.3, 0.4) is 0 Å². The van der Waals surface area contributed by atoms with Gasteiger partial charge in [0.05, 0.1) is 12.7 Å². The van der Waals surface area contributed by atoms with Gasteiger partial charge in [0.2, 0.25) is 11.8 Å². The van der Waals surface area contributed by atoms with Crippen LogP contribution in [0.2, 0.25) is 0 Å². The molecule has 0 saturated heterocycles. The Balaban J connectivity index is 2.56. The van der Waals surface area contributed by atoms with E-state index in [2.05, 4.69) is 43.0 Å². The summed E-state index contributed by atoms with van der Waals surface area (Å²) in [5.74, 6) is 1.08. The van der Waals surface area contributed by atoms with Crippen molar-refractivity contribution in [2.45, 2.75) is 53.6 Å². The van der Waals surface area contributed by atoms with Crippen molar-refractivity contribution in [1.82, 2.24) is 9.97 Å². The molecule has 0 bridgehead atoms. The van der Waals surface area contributed by atoms with Crippen LogP contribution in [0.25, 0.3) is 0 Å². The predicted octanol–water partition coefficient (Wildman–Crippen LogP) is 2.78. The normalized spacial score (nSPS) is 13.1. The number of aliphatic hydroxyl groups excluding tert-OH is 1. The maximum absolute atomic E-state index is 9.98. The van der Waals surface area contributed by atoms with Crippen LogP contribution < -0.4 is 10.1 Å². The zero-order valence-electron chi connectivity index (χ0n) is 13.2. The van der Waals surface area contributed by atoms with Gasteiger partial charge in [0.25, 0.3) is 0 Å². The zero-order chi connectivity index (χ0) is 15.2. The minimum absolute atomic E-state index is 0.101. The molecule has 0 aliphatic carbocycles. The second kappa shape index (κ2) is 7.43. The summed E-state index contributed by atoms with van der Waals surface area (Å²) in [6.07, 6.45) is 1.25. The Morgan fingerprint density at radius 2 is 2.05 bits per heavy atom. The Bertz CT molecular complexity index is 416. The summed E-state index contributed by atoms with van der Waals surface area (Å²) >= 11 is 0. The summed E-state index contributed by atoms with van der Waals surface area (Å²) in [6, 6.07) is 1.81. The summed E-state index contributed by atoms with van der Waals surface area (Å²) in [5, 5.41) is 13.0. The molecule has 0 aromatic carbocycles. The number of hydrogen-bond acceptors (Lipinski definition) is 5. The maximum Gasteiger partial charge on any atom is 0.226 e. The quantitative estimate of drug-likeness (QED) is 0.804. The highest BCUT2D eigenvalue weighted by molar-refractivity contribution is 5.30. The van der Waals surface area contributed by atoms with Crippen LogP contribution >= 0.6 is 0 Å². The second-order valence-electron chi connectivity index (χ2n) is 6.32. The molecule has 0 spiro atoms. The molecule has 20 heavy (non-hydrogen) atoms. The molecule has 0 radical (unpaired) electrons. The van der Waals surface area contributed by atoms with Gasteiger partial charge < -0.3 is 15.2 Å². The molecule has 0 amide bonds. The molecule has 114 valence electrons. The fourth-order valence-electron chi connectivity index (χ4n) is 1.89. The lowest BCUT2D eigenvalue weighted by Gasteiger charge is -2.22. The first-order chi connectivity index (χ1) is 9.30. The van der Waals surface area contributed by atoms with E-state index in [-0.39, 0.29) is 5.41 Å². The monoisotopic (exact) mass is 281 g/mol. The molecule has 1 unspecified atom stereocenters. The summed E-state index contributed by atoms with van der Waals surface area (Å²) in [4.78, 5) is 8.58. The molecule has 0 saturated carbocycles. The van der Waals surface area contributed by atoms with E-state index >= 15 is 0 Å². The fourth-order valence-corrected chi connectivity index (χ4v) is 1.89. The molecule has 1 rings (SSSR count). The van der Waals surface area contributed by atoms with Gasteiger partial charge in [-0.05, 0) is 25.2 Å². The molecule has 0 fully saturated rings. The van der Waals surface area contributed by atoms with Crippen LogP contribution in [0.1, 0.15) is 46.2 Å². The van der Waals surface area contributed by atoms with Crippen LogP contribution in [0, 0.1) is 12.3 Å². The number of aliphatic hydroxyl groups is 1. The van der Waals surface area contributed by atoms with E-state index in [1.54, 1.807) is 0 Å². The van der Waals surface area contributed by atoms with E-state index in [1.807, 2.05) is 13.0 Å². The van der Waals surface area contributed by atoms with Gasteiger partial charge in [0.1, 0.15) is 0 Å². The predicted molar refractivity (Wildman–Crippen MR) is 81.1 cm³/mol. The average Bonchev–Trinajstić information content (AvgIpc) is 2.31. The highest BCUT2D eigenvalue weighted by atomic mass is 16.5. The summed E-state index contributed by atoms with van der Waals surface area (Å²) in [5.41, 5.74) is 0.947. The van der Waals surface area contributed by atoms with Crippen molar-refractivity contribution >= 4 is 5.95 Å². The van der Waals surface area contributed by atoms with Crippen molar-refractivity contribution in [2.24, 2.45) is 5.41 Å². The topological polar surface area (TPSA) is 67.3 Å². The molecule has 1 aromatic heterocycles. The first-order valence-corrected chi connectivity index (χ1v) is 7.20. The highest BCUT2D eigenvalue weighted by Crippen LogP contribution is 2.21. The van der Waals surface area contributed by atoms with E-state index in [4.69, 9.17) is 4.74 Å². The smallest absolute Gasteiger partial charge is 0.226 e. The molecule has 1 aromatic rings. The van der Waals surface area contributed by atoms with Gasteiger partial charge in [-0.2, -0.15) is 4.98 Å². The van der Waals surface area contributed by atoms with Crippen molar-refractivity contribution in [2.75, 3.05) is 18.5 Å². The molecule has 1 heterocycles. The van der Waals surface area contributed by atoms with E-state index in [1.165, 1.54) is 0 Å². The molecule has 5 heteroatoms. The maximum atomic E-state index is 9.98. The third kappa shape index (κ3) is 6.70. The highest BCUT2D eigenvalue weighted by Gasteiger charge is 2.16. The molecule has 1 atom stereocenters. The third-order valence-electron chi connectivity index (χ3n) is 2.63. The molecule has 0 aliphatic heterocycles. The van der Waals surface area contributed by atoms with Crippen molar-refractivity contribution < 1.29 is 9.84 Å². The van der Waals surface area contributed by atoms with Gasteiger partial charge in [0, 0.05) is 18.3 Å². The van der Waals surface area contributed by atoms with Crippen LogP contribution in [-0.4, -0.2) is 34.3 Å².